The van der Waals surface area contributed by atoms with Crippen LogP contribution in [0.25, 0.3) is 0 Å². The smallest absolute Gasteiger partial charge is 0.327 e. The number of hydrogen-bond acceptors (Lipinski definition) is 6. The molecule has 0 atom stereocenters. The van der Waals surface area contributed by atoms with E-state index in [1.54, 1.807) is 9.80 Å². The van der Waals surface area contributed by atoms with Crippen LogP contribution in [0.15, 0.2) is 0 Å². The summed E-state index contributed by atoms with van der Waals surface area (Å²) in [4.78, 5) is 55.2. The lowest BCUT2D eigenvalue weighted by Crippen LogP contribution is -2.48. The van der Waals surface area contributed by atoms with Gasteiger partial charge in [-0.3, -0.25) is 19.4 Å². The van der Waals surface area contributed by atoms with Gasteiger partial charge in [0, 0.05) is 50.6 Å². The summed E-state index contributed by atoms with van der Waals surface area (Å²) in [6.07, 6.45) is 3.67. The first kappa shape index (κ1) is 29.0. The van der Waals surface area contributed by atoms with E-state index in [9.17, 15) is 19.2 Å². The number of urea groups is 2. The highest BCUT2D eigenvalue weighted by Crippen LogP contribution is 2.27. The lowest BCUT2D eigenvalue weighted by molar-refractivity contribution is -0.130. The second-order valence-corrected chi connectivity index (χ2v) is 10.5. The van der Waals surface area contributed by atoms with E-state index in [0.717, 1.165) is 19.3 Å². The number of likely N-dealkylation sites (N-methyl/N-ethyl adjacent to an activating group) is 2. The summed E-state index contributed by atoms with van der Waals surface area (Å²) >= 11 is 0. The Hall–Kier alpha value is -2.20. The van der Waals surface area contributed by atoms with Gasteiger partial charge in [0.1, 0.15) is 13.1 Å². The SMILES string of the molecule is CCN1CC(=O)N(C(C)(C)CCCOCCCOCCCC(C)(C)N2C(=O)CN(CC)C2=O)C1=O. The van der Waals surface area contributed by atoms with Gasteiger partial charge in [-0.15, -0.1) is 0 Å². The standard InChI is InChI=1S/C25H44N4O6/c1-7-26-18-20(30)28(22(26)32)24(3,4)12-9-14-34-16-11-17-35-15-10-13-25(5,6)29-21(31)19-27(8-2)23(29)33/h7-19H2,1-6H3. The molecule has 35 heavy (non-hydrogen) atoms. The van der Waals surface area contributed by atoms with Crippen LogP contribution in [0.2, 0.25) is 0 Å². The Labute approximate surface area is 209 Å². The van der Waals surface area contributed by atoms with Crippen LogP contribution in [0.5, 0.6) is 0 Å². The third-order valence-corrected chi connectivity index (χ3v) is 6.78. The summed E-state index contributed by atoms with van der Waals surface area (Å²) in [6.45, 7) is 15.1. The molecule has 0 radical (unpaired) electrons. The zero-order valence-corrected chi connectivity index (χ0v) is 22.4. The van der Waals surface area contributed by atoms with Gasteiger partial charge >= 0.3 is 12.1 Å². The second kappa shape index (κ2) is 12.7. The lowest BCUT2D eigenvalue weighted by Gasteiger charge is -2.33. The summed E-state index contributed by atoms with van der Waals surface area (Å²) in [5.74, 6) is -0.269. The van der Waals surface area contributed by atoms with Gasteiger partial charge in [0.2, 0.25) is 0 Å². The fraction of sp³-hybridized carbons (Fsp3) is 0.840. The van der Waals surface area contributed by atoms with Crippen LogP contribution in [0.4, 0.5) is 9.59 Å². The number of ether oxygens (including phenoxy) is 2. The molecule has 0 unspecified atom stereocenters. The molecular formula is C25H44N4O6. The first-order valence-electron chi connectivity index (χ1n) is 12.9. The average Bonchev–Trinajstić information content (AvgIpc) is 3.25. The molecule has 6 amide bonds. The van der Waals surface area contributed by atoms with Gasteiger partial charge in [-0.25, -0.2) is 9.59 Å². The third-order valence-electron chi connectivity index (χ3n) is 6.78. The molecule has 0 N–H and O–H groups in total. The van der Waals surface area contributed by atoms with Crippen molar-refractivity contribution < 1.29 is 28.7 Å². The first-order valence-corrected chi connectivity index (χ1v) is 12.9. The van der Waals surface area contributed by atoms with E-state index in [-0.39, 0.29) is 37.0 Å². The monoisotopic (exact) mass is 496 g/mol. The molecule has 0 bridgehead atoms. The van der Waals surface area contributed by atoms with Crippen molar-refractivity contribution in [2.75, 3.05) is 52.6 Å². The molecule has 200 valence electrons. The first-order chi connectivity index (χ1) is 16.5. The van der Waals surface area contributed by atoms with Crippen molar-refractivity contribution in [3.63, 3.8) is 0 Å². The van der Waals surface area contributed by atoms with Crippen LogP contribution in [0, 0.1) is 0 Å². The Balaban J connectivity index is 1.53. The minimum Gasteiger partial charge on any atom is -0.381 e. The number of hydrogen-bond donors (Lipinski definition) is 0. The highest BCUT2D eigenvalue weighted by atomic mass is 16.5. The van der Waals surface area contributed by atoms with Crippen LogP contribution in [-0.4, -0.2) is 107 Å². The maximum atomic E-state index is 12.4. The topological polar surface area (TPSA) is 99.7 Å². The second-order valence-electron chi connectivity index (χ2n) is 10.5. The molecule has 0 saturated carbocycles. The van der Waals surface area contributed by atoms with Gasteiger partial charge in [-0.05, 0) is 73.6 Å². The fourth-order valence-corrected chi connectivity index (χ4v) is 4.69. The van der Waals surface area contributed by atoms with Gasteiger partial charge in [-0.1, -0.05) is 0 Å². The highest BCUT2D eigenvalue weighted by molar-refractivity contribution is 6.03. The molecular weight excluding hydrogens is 452 g/mol. The molecule has 2 fully saturated rings. The lowest BCUT2D eigenvalue weighted by atomic mass is 9.96. The summed E-state index contributed by atoms with van der Waals surface area (Å²) in [5.41, 5.74) is -1.06. The minimum atomic E-state index is -0.530. The molecule has 2 aliphatic heterocycles. The molecule has 10 heteroatoms. The molecule has 2 rings (SSSR count). The van der Waals surface area contributed by atoms with Gasteiger partial charge in [-0.2, -0.15) is 0 Å². The van der Waals surface area contributed by atoms with Crippen molar-refractivity contribution in [3.05, 3.63) is 0 Å². The Morgan fingerprint density at radius 2 is 0.971 bits per heavy atom. The van der Waals surface area contributed by atoms with E-state index < -0.39 is 11.1 Å². The molecule has 2 heterocycles. The Morgan fingerprint density at radius 3 is 1.29 bits per heavy atom. The fourth-order valence-electron chi connectivity index (χ4n) is 4.69. The Kier molecular flexibility index (Phi) is 10.5. The molecule has 0 aromatic heterocycles. The molecule has 0 aliphatic carbocycles. The van der Waals surface area contributed by atoms with Crippen LogP contribution < -0.4 is 0 Å². The predicted octanol–water partition coefficient (Wildman–Crippen LogP) is 3.10. The van der Waals surface area contributed by atoms with Crippen molar-refractivity contribution in [1.29, 1.82) is 0 Å². The number of carbonyl (C=O) groups excluding carboxylic acids is 4. The van der Waals surface area contributed by atoms with E-state index in [4.69, 9.17) is 9.47 Å². The molecule has 10 nitrogen and oxygen atoms in total. The number of nitrogens with zero attached hydrogens (tertiary/aromatic N) is 4. The number of imide groups is 2. The van der Waals surface area contributed by atoms with Crippen LogP contribution in [-0.2, 0) is 19.1 Å². The highest BCUT2D eigenvalue weighted by Gasteiger charge is 2.44. The number of rotatable bonds is 16. The van der Waals surface area contributed by atoms with Crippen LogP contribution in [0.1, 0.15) is 73.6 Å². The zero-order chi connectivity index (χ0) is 26.2. The average molecular weight is 497 g/mol. The van der Waals surface area contributed by atoms with Gasteiger partial charge in [0.25, 0.3) is 11.8 Å². The van der Waals surface area contributed by atoms with Crippen molar-refractivity contribution in [3.8, 4) is 0 Å². The third kappa shape index (κ3) is 7.39. The van der Waals surface area contributed by atoms with Crippen molar-refractivity contribution in [1.82, 2.24) is 19.6 Å². The van der Waals surface area contributed by atoms with E-state index in [1.807, 2.05) is 41.5 Å². The Bertz CT molecular complexity index is 707. The van der Waals surface area contributed by atoms with Crippen LogP contribution >= 0.6 is 0 Å². The van der Waals surface area contributed by atoms with E-state index in [1.165, 1.54) is 9.80 Å². The largest absolute Gasteiger partial charge is 0.381 e. The van der Waals surface area contributed by atoms with E-state index >= 15 is 0 Å². The van der Waals surface area contributed by atoms with E-state index in [2.05, 4.69) is 0 Å². The van der Waals surface area contributed by atoms with Gasteiger partial charge in [0.05, 0.1) is 0 Å². The number of amides is 6. The van der Waals surface area contributed by atoms with Gasteiger partial charge in [0.15, 0.2) is 0 Å². The Morgan fingerprint density at radius 1 is 0.629 bits per heavy atom. The molecule has 0 aromatic rings. The summed E-state index contributed by atoms with van der Waals surface area (Å²) in [5, 5.41) is 0. The maximum absolute atomic E-state index is 12.4. The van der Waals surface area contributed by atoms with Crippen molar-refractivity contribution in [2.45, 2.75) is 84.7 Å². The molecule has 0 spiro atoms. The molecule has 0 aromatic carbocycles. The zero-order valence-electron chi connectivity index (χ0n) is 22.4. The van der Waals surface area contributed by atoms with Crippen molar-refractivity contribution in [2.24, 2.45) is 0 Å². The summed E-state index contributed by atoms with van der Waals surface area (Å²) in [7, 11) is 0. The van der Waals surface area contributed by atoms with Gasteiger partial charge < -0.3 is 19.3 Å². The van der Waals surface area contributed by atoms with E-state index in [0.29, 0.717) is 52.4 Å². The maximum Gasteiger partial charge on any atom is 0.327 e. The molecule has 2 saturated heterocycles. The predicted molar refractivity (Wildman–Crippen MR) is 132 cm³/mol. The van der Waals surface area contributed by atoms with Crippen molar-refractivity contribution >= 4 is 23.9 Å². The summed E-state index contributed by atoms with van der Waals surface area (Å²) in [6, 6.07) is -0.406. The summed E-state index contributed by atoms with van der Waals surface area (Å²) < 4.78 is 11.4. The number of carbonyl (C=O) groups is 4. The quantitative estimate of drug-likeness (QED) is 0.240. The minimum absolute atomic E-state index is 0.134. The molecule has 2 aliphatic rings. The normalized spacial score (nSPS) is 17.5. The van der Waals surface area contributed by atoms with Crippen LogP contribution in [0.3, 0.4) is 0 Å².